The maximum Gasteiger partial charge on any atom is 0.239 e. The SMILES string of the molecule is CCNC(=O)CNc1ccccc1Cc1ccccc1. The van der Waals surface area contributed by atoms with Gasteiger partial charge in [-0.05, 0) is 30.5 Å². The van der Waals surface area contributed by atoms with Crippen molar-refractivity contribution in [1.82, 2.24) is 5.32 Å². The summed E-state index contributed by atoms with van der Waals surface area (Å²) in [5.74, 6) is 0.0158. The highest BCUT2D eigenvalue weighted by molar-refractivity contribution is 5.80. The summed E-state index contributed by atoms with van der Waals surface area (Å²) in [6, 6.07) is 18.4. The van der Waals surface area contributed by atoms with E-state index < -0.39 is 0 Å². The number of amides is 1. The van der Waals surface area contributed by atoms with Crippen LogP contribution >= 0.6 is 0 Å². The Bertz CT molecular complexity index is 552. The van der Waals surface area contributed by atoms with Crippen LogP contribution in [0, 0.1) is 0 Å². The summed E-state index contributed by atoms with van der Waals surface area (Å²) in [5, 5.41) is 5.99. The predicted octanol–water partition coefficient (Wildman–Crippen LogP) is 2.83. The first-order valence-electron chi connectivity index (χ1n) is 6.92. The molecule has 0 saturated heterocycles. The summed E-state index contributed by atoms with van der Waals surface area (Å²) >= 11 is 0. The van der Waals surface area contributed by atoms with Crippen molar-refractivity contribution in [3.63, 3.8) is 0 Å². The quantitative estimate of drug-likeness (QED) is 0.846. The molecule has 0 atom stereocenters. The summed E-state index contributed by atoms with van der Waals surface area (Å²) in [4.78, 5) is 11.5. The Balaban J connectivity index is 2.04. The van der Waals surface area contributed by atoms with E-state index in [9.17, 15) is 4.79 Å². The lowest BCUT2D eigenvalue weighted by molar-refractivity contribution is -0.119. The van der Waals surface area contributed by atoms with Gasteiger partial charge in [0.2, 0.25) is 5.91 Å². The summed E-state index contributed by atoms with van der Waals surface area (Å²) in [7, 11) is 0. The standard InChI is InChI=1S/C17H20N2O/c1-2-18-17(20)13-19-16-11-7-6-10-15(16)12-14-8-4-3-5-9-14/h3-11,19H,2,12-13H2,1H3,(H,18,20). The van der Waals surface area contributed by atoms with E-state index in [1.807, 2.05) is 43.3 Å². The zero-order valence-electron chi connectivity index (χ0n) is 11.7. The molecule has 0 fully saturated rings. The van der Waals surface area contributed by atoms with Crippen LogP contribution in [0.2, 0.25) is 0 Å². The third-order valence-electron chi connectivity index (χ3n) is 3.07. The third kappa shape index (κ3) is 4.12. The van der Waals surface area contributed by atoms with Crippen LogP contribution in [0.1, 0.15) is 18.1 Å². The molecule has 0 saturated carbocycles. The number of carbonyl (C=O) groups excluding carboxylic acids is 1. The van der Waals surface area contributed by atoms with E-state index in [0.717, 1.165) is 12.1 Å². The monoisotopic (exact) mass is 268 g/mol. The minimum Gasteiger partial charge on any atom is -0.376 e. The Morgan fingerprint density at radius 2 is 1.70 bits per heavy atom. The normalized spacial score (nSPS) is 10.1. The maximum atomic E-state index is 11.5. The van der Waals surface area contributed by atoms with Crippen molar-refractivity contribution in [3.8, 4) is 0 Å². The van der Waals surface area contributed by atoms with Crippen molar-refractivity contribution >= 4 is 11.6 Å². The minimum atomic E-state index is 0.0158. The van der Waals surface area contributed by atoms with Gasteiger partial charge in [0.1, 0.15) is 0 Å². The molecule has 0 spiro atoms. The van der Waals surface area contributed by atoms with Gasteiger partial charge in [-0.1, -0.05) is 48.5 Å². The highest BCUT2D eigenvalue weighted by Crippen LogP contribution is 2.18. The third-order valence-corrected chi connectivity index (χ3v) is 3.07. The van der Waals surface area contributed by atoms with Crippen LogP contribution in [0.5, 0.6) is 0 Å². The van der Waals surface area contributed by atoms with Crippen LogP contribution in [-0.4, -0.2) is 19.0 Å². The van der Waals surface area contributed by atoms with Gasteiger partial charge in [-0.2, -0.15) is 0 Å². The van der Waals surface area contributed by atoms with Gasteiger partial charge in [0.15, 0.2) is 0 Å². The first kappa shape index (κ1) is 14.1. The first-order valence-corrected chi connectivity index (χ1v) is 6.92. The molecule has 0 unspecified atom stereocenters. The average molecular weight is 268 g/mol. The number of benzene rings is 2. The number of hydrogen-bond acceptors (Lipinski definition) is 2. The topological polar surface area (TPSA) is 41.1 Å². The van der Waals surface area contributed by atoms with Gasteiger partial charge < -0.3 is 10.6 Å². The maximum absolute atomic E-state index is 11.5. The molecule has 2 rings (SSSR count). The van der Waals surface area contributed by atoms with Crippen LogP contribution < -0.4 is 10.6 Å². The Labute approximate surface area is 120 Å². The fraction of sp³-hybridized carbons (Fsp3) is 0.235. The number of para-hydroxylation sites is 1. The Kier molecular flexibility index (Phi) is 5.18. The second-order valence-electron chi connectivity index (χ2n) is 4.63. The molecule has 0 aromatic heterocycles. The largest absolute Gasteiger partial charge is 0.376 e. The number of hydrogen-bond donors (Lipinski definition) is 2. The van der Waals surface area contributed by atoms with Crippen molar-refractivity contribution in [1.29, 1.82) is 0 Å². The van der Waals surface area contributed by atoms with Crippen LogP contribution in [0.15, 0.2) is 54.6 Å². The van der Waals surface area contributed by atoms with Crippen LogP contribution in [-0.2, 0) is 11.2 Å². The van der Waals surface area contributed by atoms with Gasteiger partial charge >= 0.3 is 0 Å². The van der Waals surface area contributed by atoms with Crippen molar-refractivity contribution in [2.24, 2.45) is 0 Å². The van der Waals surface area contributed by atoms with Crippen molar-refractivity contribution in [3.05, 3.63) is 65.7 Å². The molecular formula is C17H20N2O. The van der Waals surface area contributed by atoms with Gasteiger partial charge in [-0.15, -0.1) is 0 Å². The Hall–Kier alpha value is -2.29. The molecule has 1 amide bonds. The molecule has 0 radical (unpaired) electrons. The second-order valence-corrected chi connectivity index (χ2v) is 4.63. The molecule has 104 valence electrons. The van der Waals surface area contributed by atoms with E-state index in [1.54, 1.807) is 0 Å². The van der Waals surface area contributed by atoms with Gasteiger partial charge in [-0.25, -0.2) is 0 Å². The average Bonchev–Trinajstić information content (AvgIpc) is 2.48. The molecule has 0 aliphatic heterocycles. The fourth-order valence-electron chi connectivity index (χ4n) is 2.10. The molecule has 2 aromatic carbocycles. The molecule has 0 heterocycles. The van der Waals surface area contributed by atoms with E-state index in [1.165, 1.54) is 11.1 Å². The van der Waals surface area contributed by atoms with Gasteiger partial charge in [-0.3, -0.25) is 4.79 Å². The fourth-order valence-corrected chi connectivity index (χ4v) is 2.10. The van der Waals surface area contributed by atoms with E-state index in [2.05, 4.69) is 28.8 Å². The molecular weight excluding hydrogens is 248 g/mol. The summed E-state index contributed by atoms with van der Waals surface area (Å²) in [5.41, 5.74) is 3.48. The Morgan fingerprint density at radius 3 is 2.45 bits per heavy atom. The van der Waals surface area contributed by atoms with Crippen molar-refractivity contribution < 1.29 is 4.79 Å². The smallest absolute Gasteiger partial charge is 0.239 e. The van der Waals surface area contributed by atoms with Gasteiger partial charge in [0, 0.05) is 12.2 Å². The molecule has 2 aromatic rings. The molecule has 0 aliphatic rings. The van der Waals surface area contributed by atoms with Crippen LogP contribution in [0.25, 0.3) is 0 Å². The van der Waals surface area contributed by atoms with E-state index >= 15 is 0 Å². The molecule has 0 bridgehead atoms. The van der Waals surface area contributed by atoms with E-state index in [4.69, 9.17) is 0 Å². The van der Waals surface area contributed by atoms with Gasteiger partial charge in [0.25, 0.3) is 0 Å². The number of rotatable bonds is 6. The summed E-state index contributed by atoms with van der Waals surface area (Å²) in [6.45, 7) is 2.88. The summed E-state index contributed by atoms with van der Waals surface area (Å²) in [6.07, 6.45) is 0.861. The Morgan fingerprint density at radius 1 is 1.00 bits per heavy atom. The number of likely N-dealkylation sites (N-methyl/N-ethyl adjacent to an activating group) is 1. The molecule has 3 heteroatoms. The molecule has 0 aliphatic carbocycles. The van der Waals surface area contributed by atoms with Crippen LogP contribution in [0.3, 0.4) is 0 Å². The lowest BCUT2D eigenvalue weighted by atomic mass is 10.0. The highest BCUT2D eigenvalue weighted by Gasteiger charge is 2.04. The zero-order valence-corrected chi connectivity index (χ0v) is 11.7. The van der Waals surface area contributed by atoms with E-state index in [-0.39, 0.29) is 5.91 Å². The van der Waals surface area contributed by atoms with Crippen molar-refractivity contribution in [2.45, 2.75) is 13.3 Å². The van der Waals surface area contributed by atoms with Gasteiger partial charge in [0.05, 0.1) is 6.54 Å². The molecule has 2 N–H and O–H groups in total. The molecule has 20 heavy (non-hydrogen) atoms. The lowest BCUT2D eigenvalue weighted by Crippen LogP contribution is -2.29. The molecule has 3 nitrogen and oxygen atoms in total. The minimum absolute atomic E-state index is 0.0158. The zero-order chi connectivity index (χ0) is 14.2. The summed E-state index contributed by atoms with van der Waals surface area (Å²) < 4.78 is 0. The first-order chi connectivity index (χ1) is 9.79. The lowest BCUT2D eigenvalue weighted by Gasteiger charge is -2.12. The number of carbonyl (C=O) groups is 1. The van der Waals surface area contributed by atoms with Crippen molar-refractivity contribution in [2.75, 3.05) is 18.4 Å². The second kappa shape index (κ2) is 7.34. The number of nitrogens with one attached hydrogen (secondary N) is 2. The number of anilines is 1. The highest BCUT2D eigenvalue weighted by atomic mass is 16.1. The van der Waals surface area contributed by atoms with E-state index in [0.29, 0.717) is 13.1 Å². The predicted molar refractivity (Wildman–Crippen MR) is 82.9 cm³/mol. The van der Waals surface area contributed by atoms with Crippen LogP contribution in [0.4, 0.5) is 5.69 Å².